The Kier molecular flexibility index (Phi) is 8.67. The zero-order chi connectivity index (χ0) is 25.5. The molecule has 0 saturated carbocycles. The summed E-state index contributed by atoms with van der Waals surface area (Å²) in [5, 5.41) is 5.34. The molecule has 0 atom stereocenters. The number of guanidine groups is 1. The minimum Gasteiger partial charge on any atom is -0.452 e. The van der Waals surface area contributed by atoms with Crippen LogP contribution in [0.4, 0.5) is 13.6 Å². The van der Waals surface area contributed by atoms with Gasteiger partial charge in [-0.1, -0.05) is 0 Å². The first kappa shape index (κ1) is 26.3. The van der Waals surface area contributed by atoms with E-state index in [1.54, 1.807) is 18.8 Å². The van der Waals surface area contributed by atoms with E-state index in [2.05, 4.69) is 20.4 Å². The fourth-order valence-electron chi connectivity index (χ4n) is 2.51. The molecule has 0 unspecified atom stereocenters. The van der Waals surface area contributed by atoms with Crippen molar-refractivity contribution in [2.24, 2.45) is 4.99 Å². The second-order valence-corrected chi connectivity index (χ2v) is 8.26. The molecule has 34 heavy (non-hydrogen) atoms. The SMILES string of the molecule is CNC(=NC(=O)/C(C)=C/c1cc(F)c(Oc2ccc(S(=O)(=O)NC(=O)OC)cc2)c(F)c1)NC. The number of amides is 2. The van der Waals surface area contributed by atoms with E-state index < -0.39 is 39.4 Å². The summed E-state index contributed by atoms with van der Waals surface area (Å²) in [5.41, 5.74) is 0.196. The number of benzene rings is 2. The maximum absolute atomic E-state index is 14.5. The van der Waals surface area contributed by atoms with Gasteiger partial charge in [0.2, 0.25) is 0 Å². The van der Waals surface area contributed by atoms with Crippen LogP contribution >= 0.6 is 0 Å². The molecule has 0 aliphatic carbocycles. The van der Waals surface area contributed by atoms with Gasteiger partial charge in [-0.3, -0.25) is 4.79 Å². The van der Waals surface area contributed by atoms with E-state index in [4.69, 9.17) is 4.74 Å². The molecule has 0 bridgehead atoms. The molecule has 13 heteroatoms. The zero-order valence-electron chi connectivity index (χ0n) is 18.6. The molecule has 2 aromatic rings. The van der Waals surface area contributed by atoms with Crippen LogP contribution in [0.15, 0.2) is 51.9 Å². The summed E-state index contributed by atoms with van der Waals surface area (Å²) in [6, 6.07) is 6.40. The van der Waals surface area contributed by atoms with Gasteiger partial charge >= 0.3 is 6.09 Å². The van der Waals surface area contributed by atoms with Crippen LogP contribution in [0.5, 0.6) is 11.5 Å². The van der Waals surface area contributed by atoms with Crippen molar-refractivity contribution in [2.75, 3.05) is 21.2 Å². The number of carbonyl (C=O) groups excluding carboxylic acids is 2. The Morgan fingerprint density at radius 2 is 1.59 bits per heavy atom. The number of sulfonamides is 1. The van der Waals surface area contributed by atoms with E-state index in [0.717, 1.165) is 43.5 Å². The third-order valence-corrected chi connectivity index (χ3v) is 5.51. The van der Waals surface area contributed by atoms with E-state index in [1.807, 2.05) is 0 Å². The molecule has 0 spiro atoms. The Morgan fingerprint density at radius 1 is 1.03 bits per heavy atom. The number of methoxy groups -OCH3 is 1. The number of halogens is 2. The van der Waals surface area contributed by atoms with Gasteiger partial charge in [0.05, 0.1) is 12.0 Å². The highest BCUT2D eigenvalue weighted by atomic mass is 32.2. The monoisotopic (exact) mass is 496 g/mol. The van der Waals surface area contributed by atoms with Gasteiger partial charge in [0.15, 0.2) is 23.3 Å². The molecule has 0 aromatic heterocycles. The number of nitrogens with one attached hydrogen (secondary N) is 3. The summed E-state index contributed by atoms with van der Waals surface area (Å²) in [7, 11) is -0.0571. The first-order valence-corrected chi connectivity index (χ1v) is 11.0. The summed E-state index contributed by atoms with van der Waals surface area (Å²) in [6.07, 6.45) is 0.0884. The lowest BCUT2D eigenvalue weighted by molar-refractivity contribution is -0.114. The molecular formula is C21H22F2N4O6S. The minimum atomic E-state index is -4.19. The Balaban J connectivity index is 2.23. The van der Waals surface area contributed by atoms with Crippen LogP contribution in [0.3, 0.4) is 0 Å². The molecule has 10 nitrogen and oxygen atoms in total. The van der Waals surface area contributed by atoms with Gasteiger partial charge in [-0.05, 0) is 55.0 Å². The van der Waals surface area contributed by atoms with Crippen molar-refractivity contribution >= 4 is 34.1 Å². The molecule has 0 saturated heterocycles. The third-order valence-electron chi connectivity index (χ3n) is 4.19. The van der Waals surface area contributed by atoms with Crippen molar-refractivity contribution in [2.45, 2.75) is 11.8 Å². The highest BCUT2D eigenvalue weighted by molar-refractivity contribution is 7.90. The lowest BCUT2D eigenvalue weighted by atomic mass is 10.1. The molecule has 182 valence electrons. The van der Waals surface area contributed by atoms with Gasteiger partial charge in [-0.25, -0.2) is 26.7 Å². The summed E-state index contributed by atoms with van der Waals surface area (Å²) in [5.74, 6) is -3.29. The molecule has 2 aromatic carbocycles. The number of carbonyl (C=O) groups is 2. The van der Waals surface area contributed by atoms with Crippen molar-refractivity contribution in [3.63, 3.8) is 0 Å². The molecule has 0 radical (unpaired) electrons. The Labute approximate surface area is 194 Å². The van der Waals surface area contributed by atoms with Crippen molar-refractivity contribution in [1.29, 1.82) is 0 Å². The van der Waals surface area contributed by atoms with E-state index >= 15 is 0 Å². The normalized spacial score (nSPS) is 11.3. The number of aliphatic imine (C=N–C) groups is 1. The molecule has 3 N–H and O–H groups in total. The molecule has 0 fully saturated rings. The summed E-state index contributed by atoms with van der Waals surface area (Å²) in [6.45, 7) is 1.44. The smallest absolute Gasteiger partial charge is 0.420 e. The molecule has 0 aliphatic heterocycles. The van der Waals surface area contributed by atoms with Crippen LogP contribution in [0.25, 0.3) is 6.08 Å². The van der Waals surface area contributed by atoms with Crippen molar-refractivity contribution in [1.82, 2.24) is 15.4 Å². The maximum Gasteiger partial charge on any atom is 0.420 e. The van der Waals surface area contributed by atoms with Crippen molar-refractivity contribution in [3.8, 4) is 11.5 Å². The number of rotatable bonds is 6. The summed E-state index contributed by atoms with van der Waals surface area (Å²) >= 11 is 0. The number of nitrogens with zero attached hydrogens (tertiary/aromatic N) is 1. The Morgan fingerprint density at radius 3 is 2.09 bits per heavy atom. The molecular weight excluding hydrogens is 474 g/mol. The van der Waals surface area contributed by atoms with Gasteiger partial charge in [-0.15, -0.1) is 0 Å². The van der Waals surface area contributed by atoms with Crippen LogP contribution in [0.2, 0.25) is 0 Å². The first-order valence-electron chi connectivity index (χ1n) is 9.55. The van der Waals surface area contributed by atoms with Crippen molar-refractivity contribution in [3.05, 3.63) is 59.2 Å². The lowest BCUT2D eigenvalue weighted by Crippen LogP contribution is -2.32. The highest BCUT2D eigenvalue weighted by Gasteiger charge is 2.19. The Hall–Kier alpha value is -4.00. The molecule has 2 rings (SSSR count). The average Bonchev–Trinajstić information content (AvgIpc) is 2.79. The molecule has 2 amide bonds. The van der Waals surface area contributed by atoms with E-state index in [1.165, 1.54) is 13.0 Å². The predicted octanol–water partition coefficient (Wildman–Crippen LogP) is 2.53. The highest BCUT2D eigenvalue weighted by Crippen LogP contribution is 2.30. The Bertz CT molecular complexity index is 1220. The largest absolute Gasteiger partial charge is 0.452 e. The van der Waals surface area contributed by atoms with Gasteiger partial charge < -0.3 is 20.1 Å². The van der Waals surface area contributed by atoms with Gasteiger partial charge in [0.25, 0.3) is 15.9 Å². The van der Waals surface area contributed by atoms with Crippen LogP contribution in [0.1, 0.15) is 12.5 Å². The van der Waals surface area contributed by atoms with Gasteiger partial charge in [0.1, 0.15) is 5.75 Å². The predicted molar refractivity (Wildman–Crippen MR) is 120 cm³/mol. The maximum atomic E-state index is 14.5. The lowest BCUT2D eigenvalue weighted by Gasteiger charge is -2.10. The van der Waals surface area contributed by atoms with E-state index in [-0.39, 0.29) is 27.7 Å². The fourth-order valence-corrected chi connectivity index (χ4v) is 3.43. The summed E-state index contributed by atoms with van der Waals surface area (Å²) < 4.78 is 64.2. The first-order chi connectivity index (χ1) is 16.0. The number of hydrogen-bond donors (Lipinski definition) is 3. The number of hydrogen-bond acceptors (Lipinski definition) is 6. The summed E-state index contributed by atoms with van der Waals surface area (Å²) in [4.78, 5) is 26.7. The van der Waals surface area contributed by atoms with Crippen LogP contribution in [-0.4, -0.2) is 47.6 Å². The average molecular weight is 496 g/mol. The second kappa shape index (κ2) is 11.2. The quantitative estimate of drug-likeness (QED) is 0.316. The second-order valence-electron chi connectivity index (χ2n) is 6.58. The van der Waals surface area contributed by atoms with Gasteiger partial charge in [-0.2, -0.15) is 4.99 Å². The molecule has 0 heterocycles. The van der Waals surface area contributed by atoms with Crippen LogP contribution < -0.4 is 20.1 Å². The standard InChI is InChI=1S/C21H22F2N4O6S/c1-12(19(28)26-20(24-2)25-3)9-13-10-16(22)18(17(23)11-13)33-14-5-7-15(8-6-14)34(30,31)27-21(29)32-4/h5-11H,1-4H3,(H,27,29)(H2,24,25,26,28)/b12-9+. The zero-order valence-corrected chi connectivity index (χ0v) is 19.4. The minimum absolute atomic E-state index is 0.0641. The van der Waals surface area contributed by atoms with Crippen LogP contribution in [0, 0.1) is 11.6 Å². The van der Waals surface area contributed by atoms with Crippen molar-refractivity contribution < 1.29 is 36.3 Å². The fraction of sp³-hybridized carbons (Fsp3) is 0.190. The number of ether oxygens (including phenoxy) is 2. The van der Waals surface area contributed by atoms with Crippen LogP contribution in [-0.2, 0) is 19.6 Å². The van der Waals surface area contributed by atoms with E-state index in [0.29, 0.717) is 0 Å². The van der Waals surface area contributed by atoms with E-state index in [9.17, 15) is 26.8 Å². The van der Waals surface area contributed by atoms with Gasteiger partial charge in [0, 0.05) is 19.7 Å². The molecule has 0 aliphatic rings. The third kappa shape index (κ3) is 6.75. The topological polar surface area (TPSA) is 135 Å².